The van der Waals surface area contributed by atoms with Crippen molar-refractivity contribution in [3.8, 4) is 0 Å². The first-order valence-electron chi connectivity index (χ1n) is 10.3. The van der Waals surface area contributed by atoms with Crippen molar-refractivity contribution in [3.05, 3.63) is 105 Å². The predicted molar refractivity (Wildman–Crippen MR) is 129 cm³/mol. The van der Waals surface area contributed by atoms with Crippen molar-refractivity contribution >= 4 is 46.7 Å². The van der Waals surface area contributed by atoms with Gasteiger partial charge in [0.1, 0.15) is 0 Å². The van der Waals surface area contributed by atoms with Crippen LogP contribution in [0.15, 0.2) is 72.8 Å². The van der Waals surface area contributed by atoms with Gasteiger partial charge in [0.2, 0.25) is 5.91 Å². The Bertz CT molecular complexity index is 1140. The van der Waals surface area contributed by atoms with Crippen molar-refractivity contribution in [1.82, 2.24) is 10.2 Å². The highest BCUT2D eigenvalue weighted by molar-refractivity contribution is 6.31. The molecule has 0 aromatic heterocycles. The molecule has 1 saturated heterocycles. The van der Waals surface area contributed by atoms with Crippen LogP contribution in [0, 0.1) is 5.92 Å². The van der Waals surface area contributed by atoms with Gasteiger partial charge in [0, 0.05) is 28.2 Å². The SMILES string of the molecule is O=C(O)C1C(=O)N(Cc2ccc(Cl)cc2)C(c2ccc(Cl)cc2)C1NCc1ccc(Cl)cc1. The molecule has 5 nitrogen and oxygen atoms in total. The minimum Gasteiger partial charge on any atom is -0.481 e. The number of likely N-dealkylation sites (tertiary alicyclic amines) is 1. The molecule has 1 heterocycles. The molecule has 1 aliphatic heterocycles. The Hall–Kier alpha value is -2.57. The Labute approximate surface area is 206 Å². The smallest absolute Gasteiger partial charge is 0.317 e. The highest BCUT2D eigenvalue weighted by Gasteiger charge is 2.52. The highest BCUT2D eigenvalue weighted by atomic mass is 35.5. The van der Waals surface area contributed by atoms with E-state index in [1.807, 2.05) is 36.4 Å². The first-order chi connectivity index (χ1) is 15.8. The van der Waals surface area contributed by atoms with Crippen molar-refractivity contribution in [3.63, 3.8) is 0 Å². The van der Waals surface area contributed by atoms with Gasteiger partial charge in [0.25, 0.3) is 0 Å². The lowest BCUT2D eigenvalue weighted by Gasteiger charge is -2.29. The summed E-state index contributed by atoms with van der Waals surface area (Å²) in [6.45, 7) is 0.643. The minimum atomic E-state index is -1.23. The summed E-state index contributed by atoms with van der Waals surface area (Å²) in [4.78, 5) is 27.2. The van der Waals surface area contributed by atoms with E-state index in [1.54, 1.807) is 41.3 Å². The van der Waals surface area contributed by atoms with Crippen molar-refractivity contribution < 1.29 is 14.7 Å². The van der Waals surface area contributed by atoms with E-state index >= 15 is 0 Å². The van der Waals surface area contributed by atoms with Gasteiger partial charge in [0.15, 0.2) is 5.92 Å². The Morgan fingerprint density at radius 1 is 0.818 bits per heavy atom. The van der Waals surface area contributed by atoms with Crippen LogP contribution in [0.2, 0.25) is 15.1 Å². The number of halogens is 3. The molecule has 0 saturated carbocycles. The number of hydrogen-bond donors (Lipinski definition) is 2. The monoisotopic (exact) mass is 502 g/mol. The molecular formula is C25H21Cl3N2O3. The number of carboxylic acid groups (broad SMARTS) is 1. The fourth-order valence-electron chi connectivity index (χ4n) is 4.18. The summed E-state index contributed by atoms with van der Waals surface area (Å²) in [6.07, 6.45) is 0. The molecule has 4 rings (SSSR count). The lowest BCUT2D eigenvalue weighted by molar-refractivity contribution is -0.148. The number of carbonyl (C=O) groups is 2. The number of nitrogens with one attached hydrogen (secondary N) is 1. The average Bonchev–Trinajstić information content (AvgIpc) is 3.07. The van der Waals surface area contributed by atoms with E-state index in [1.165, 1.54) is 0 Å². The summed E-state index contributed by atoms with van der Waals surface area (Å²) in [5, 5.41) is 15.1. The van der Waals surface area contributed by atoms with E-state index in [2.05, 4.69) is 5.32 Å². The van der Waals surface area contributed by atoms with E-state index in [-0.39, 0.29) is 6.54 Å². The van der Waals surface area contributed by atoms with Crippen LogP contribution in [0.5, 0.6) is 0 Å². The Morgan fingerprint density at radius 2 is 1.30 bits per heavy atom. The van der Waals surface area contributed by atoms with Gasteiger partial charge in [-0.15, -0.1) is 0 Å². The third-order valence-corrected chi connectivity index (χ3v) is 6.54. The van der Waals surface area contributed by atoms with E-state index in [9.17, 15) is 14.7 Å². The van der Waals surface area contributed by atoms with Gasteiger partial charge in [-0.3, -0.25) is 9.59 Å². The van der Waals surface area contributed by atoms with Crippen LogP contribution in [0.4, 0.5) is 0 Å². The molecule has 3 aromatic rings. The molecule has 1 amide bonds. The van der Waals surface area contributed by atoms with Gasteiger partial charge in [0.05, 0.1) is 12.1 Å². The number of carbonyl (C=O) groups excluding carboxylic acids is 1. The van der Waals surface area contributed by atoms with Gasteiger partial charge < -0.3 is 15.3 Å². The number of benzene rings is 3. The van der Waals surface area contributed by atoms with Crippen LogP contribution in [-0.4, -0.2) is 27.9 Å². The third kappa shape index (κ3) is 5.33. The van der Waals surface area contributed by atoms with Crippen LogP contribution < -0.4 is 5.32 Å². The lowest BCUT2D eigenvalue weighted by atomic mass is 9.93. The van der Waals surface area contributed by atoms with Crippen LogP contribution in [0.25, 0.3) is 0 Å². The number of rotatable bonds is 7. The molecule has 0 radical (unpaired) electrons. The molecule has 0 aliphatic carbocycles. The summed E-state index contributed by atoms with van der Waals surface area (Å²) in [5.41, 5.74) is 2.59. The summed E-state index contributed by atoms with van der Waals surface area (Å²) in [5.74, 6) is -2.83. The van der Waals surface area contributed by atoms with Crippen molar-refractivity contribution in [1.29, 1.82) is 0 Å². The number of aliphatic carboxylic acids is 1. The molecule has 170 valence electrons. The maximum absolute atomic E-state index is 13.4. The zero-order valence-corrected chi connectivity index (χ0v) is 19.7. The zero-order chi connectivity index (χ0) is 23.5. The molecule has 2 N–H and O–H groups in total. The van der Waals surface area contributed by atoms with Crippen LogP contribution in [0.1, 0.15) is 22.7 Å². The van der Waals surface area contributed by atoms with E-state index < -0.39 is 29.9 Å². The molecular weight excluding hydrogens is 483 g/mol. The van der Waals surface area contributed by atoms with E-state index in [0.717, 1.165) is 16.7 Å². The predicted octanol–water partition coefficient (Wildman–Crippen LogP) is 5.59. The molecule has 33 heavy (non-hydrogen) atoms. The first-order valence-corrected chi connectivity index (χ1v) is 11.5. The number of hydrogen-bond acceptors (Lipinski definition) is 3. The minimum absolute atomic E-state index is 0.256. The largest absolute Gasteiger partial charge is 0.481 e. The molecule has 3 aromatic carbocycles. The zero-order valence-electron chi connectivity index (χ0n) is 17.4. The molecule has 0 spiro atoms. The van der Waals surface area contributed by atoms with Gasteiger partial charge in [-0.25, -0.2) is 0 Å². The van der Waals surface area contributed by atoms with Gasteiger partial charge in [-0.1, -0.05) is 71.2 Å². The standard InChI is InChI=1S/C25H21Cl3N2O3/c26-18-7-1-15(2-8-18)13-29-22-21(25(32)33)24(31)30(14-16-3-9-19(27)10-4-16)23(22)17-5-11-20(28)12-6-17/h1-12,21-23,29H,13-14H2,(H,32,33). The molecule has 1 aliphatic rings. The topological polar surface area (TPSA) is 69.6 Å². The average molecular weight is 504 g/mol. The van der Waals surface area contributed by atoms with Crippen molar-refractivity contribution in [2.24, 2.45) is 5.92 Å². The normalized spacial score (nSPS) is 20.3. The second kappa shape index (κ2) is 10.1. The van der Waals surface area contributed by atoms with Crippen molar-refractivity contribution in [2.75, 3.05) is 0 Å². The molecule has 1 fully saturated rings. The third-order valence-electron chi connectivity index (χ3n) is 5.78. The van der Waals surface area contributed by atoms with Gasteiger partial charge in [-0.2, -0.15) is 0 Å². The van der Waals surface area contributed by atoms with E-state index in [4.69, 9.17) is 34.8 Å². The highest BCUT2D eigenvalue weighted by Crippen LogP contribution is 2.39. The van der Waals surface area contributed by atoms with E-state index in [0.29, 0.717) is 21.6 Å². The quantitative estimate of drug-likeness (QED) is 0.412. The van der Waals surface area contributed by atoms with Gasteiger partial charge >= 0.3 is 5.97 Å². The molecule has 3 atom stereocenters. The second-order valence-corrected chi connectivity index (χ2v) is 9.25. The van der Waals surface area contributed by atoms with Crippen LogP contribution >= 0.6 is 34.8 Å². The van der Waals surface area contributed by atoms with Crippen molar-refractivity contribution in [2.45, 2.75) is 25.2 Å². The van der Waals surface area contributed by atoms with Crippen LogP contribution in [0.3, 0.4) is 0 Å². The molecule has 3 unspecified atom stereocenters. The second-order valence-electron chi connectivity index (χ2n) is 7.94. The summed E-state index contributed by atoms with van der Waals surface area (Å²) < 4.78 is 0. The van der Waals surface area contributed by atoms with Gasteiger partial charge in [-0.05, 0) is 53.1 Å². The fourth-order valence-corrected chi connectivity index (χ4v) is 4.56. The van der Waals surface area contributed by atoms with Crippen LogP contribution in [-0.2, 0) is 22.7 Å². The first kappa shape index (κ1) is 23.6. The Kier molecular flexibility index (Phi) is 7.25. The fraction of sp³-hybridized carbons (Fsp3) is 0.200. The number of amides is 1. The summed E-state index contributed by atoms with van der Waals surface area (Å²) in [6, 6.07) is 20.4. The Balaban J connectivity index is 1.70. The summed E-state index contributed by atoms with van der Waals surface area (Å²) in [7, 11) is 0. The Morgan fingerprint density at radius 3 is 1.82 bits per heavy atom. The lowest BCUT2D eigenvalue weighted by Crippen LogP contribution is -2.41. The molecule has 0 bridgehead atoms. The molecule has 8 heteroatoms. The number of carboxylic acids is 1. The maximum Gasteiger partial charge on any atom is 0.317 e. The number of nitrogens with zero attached hydrogens (tertiary/aromatic N) is 1. The maximum atomic E-state index is 13.4. The summed E-state index contributed by atoms with van der Waals surface area (Å²) >= 11 is 18.1.